The van der Waals surface area contributed by atoms with Crippen LogP contribution in [0.1, 0.15) is 18.1 Å². The Morgan fingerprint density at radius 3 is 2.33 bits per heavy atom. The minimum absolute atomic E-state index is 0.143. The first-order valence-electron chi connectivity index (χ1n) is 10.9. The van der Waals surface area contributed by atoms with E-state index in [4.69, 9.17) is 4.74 Å². The Bertz CT molecular complexity index is 1150. The summed E-state index contributed by atoms with van der Waals surface area (Å²) < 4.78 is 32.3. The van der Waals surface area contributed by atoms with E-state index < -0.39 is 17.7 Å². The number of anilines is 1. The van der Waals surface area contributed by atoms with Crippen molar-refractivity contribution in [2.75, 3.05) is 31.1 Å². The summed E-state index contributed by atoms with van der Waals surface area (Å²) >= 11 is 0. The van der Waals surface area contributed by atoms with Crippen LogP contribution in [0.5, 0.6) is 5.75 Å². The molecule has 8 heteroatoms. The van der Waals surface area contributed by atoms with E-state index in [0.717, 1.165) is 29.2 Å². The van der Waals surface area contributed by atoms with Gasteiger partial charge in [0.05, 0.1) is 5.69 Å². The van der Waals surface area contributed by atoms with Gasteiger partial charge in [0.25, 0.3) is 5.91 Å². The Morgan fingerprint density at radius 2 is 1.70 bits per heavy atom. The van der Waals surface area contributed by atoms with Crippen molar-refractivity contribution >= 4 is 11.7 Å². The van der Waals surface area contributed by atoms with Gasteiger partial charge in [-0.25, -0.2) is 8.78 Å². The maximum atomic E-state index is 13.8. The van der Waals surface area contributed by atoms with Gasteiger partial charge in [0.15, 0.2) is 23.5 Å². The number of hydrogen-bond acceptors (Lipinski definition) is 5. The highest BCUT2D eigenvalue weighted by molar-refractivity contribution is 5.81. The summed E-state index contributed by atoms with van der Waals surface area (Å²) in [5.41, 5.74) is 4.28. The number of carbonyl (C=O) groups is 1. The summed E-state index contributed by atoms with van der Waals surface area (Å²) in [6.45, 7) is 7.88. The lowest BCUT2D eigenvalue weighted by molar-refractivity contribution is -0.138. The van der Waals surface area contributed by atoms with E-state index in [0.29, 0.717) is 26.2 Å². The highest BCUT2D eigenvalue weighted by Gasteiger charge is 2.27. The first kappa shape index (κ1) is 22.6. The van der Waals surface area contributed by atoms with Crippen LogP contribution in [0.25, 0.3) is 11.3 Å². The van der Waals surface area contributed by atoms with Crippen LogP contribution in [-0.2, 0) is 4.79 Å². The molecule has 0 N–H and O–H groups in total. The largest absolute Gasteiger partial charge is 0.478 e. The lowest BCUT2D eigenvalue weighted by Crippen LogP contribution is -2.52. The van der Waals surface area contributed by atoms with E-state index >= 15 is 0 Å². The minimum Gasteiger partial charge on any atom is -0.478 e. The van der Waals surface area contributed by atoms with E-state index in [2.05, 4.69) is 41.1 Å². The number of rotatable bonds is 5. The molecule has 0 saturated carbocycles. The third-order valence-corrected chi connectivity index (χ3v) is 5.91. The quantitative estimate of drug-likeness (QED) is 0.582. The van der Waals surface area contributed by atoms with Gasteiger partial charge >= 0.3 is 0 Å². The number of benzene rings is 2. The lowest BCUT2D eigenvalue weighted by Gasteiger charge is -2.36. The molecule has 1 unspecified atom stereocenters. The van der Waals surface area contributed by atoms with Gasteiger partial charge in [-0.05, 0) is 62.2 Å². The highest BCUT2D eigenvalue weighted by Crippen LogP contribution is 2.23. The molecule has 1 aromatic heterocycles. The first-order chi connectivity index (χ1) is 15.8. The molecule has 6 nitrogen and oxygen atoms in total. The number of amides is 1. The molecule has 3 aromatic rings. The molecule has 2 heterocycles. The molecule has 1 saturated heterocycles. The van der Waals surface area contributed by atoms with Crippen LogP contribution in [0.4, 0.5) is 14.6 Å². The average molecular weight is 453 g/mol. The van der Waals surface area contributed by atoms with Crippen LogP contribution in [0.15, 0.2) is 48.5 Å². The number of ether oxygens (including phenoxy) is 1. The van der Waals surface area contributed by atoms with Gasteiger partial charge in [-0.15, -0.1) is 10.2 Å². The van der Waals surface area contributed by atoms with E-state index in [9.17, 15) is 13.6 Å². The minimum atomic E-state index is -0.881. The topological polar surface area (TPSA) is 58.6 Å². The standard InChI is InChI=1S/C25H26F2N4O2/c1-16-4-5-19(14-17(16)2)22-7-9-24(29-28-22)30-10-12-31(13-11-30)25(32)18(3)33-23-8-6-20(26)15-21(23)27/h4-9,14-15,18H,10-13H2,1-3H3. The molecule has 0 aliphatic carbocycles. The molecule has 1 atom stereocenters. The zero-order chi connectivity index (χ0) is 23.5. The molecule has 1 fully saturated rings. The molecule has 1 aliphatic heterocycles. The smallest absolute Gasteiger partial charge is 0.263 e. The number of carbonyl (C=O) groups excluding carboxylic acids is 1. The fourth-order valence-electron chi connectivity index (χ4n) is 3.77. The summed E-state index contributed by atoms with van der Waals surface area (Å²) in [4.78, 5) is 16.5. The van der Waals surface area contributed by atoms with Crippen molar-refractivity contribution in [3.05, 3.63) is 71.3 Å². The molecular formula is C25H26F2N4O2. The van der Waals surface area contributed by atoms with Crippen molar-refractivity contribution in [2.24, 2.45) is 0 Å². The second kappa shape index (κ2) is 9.52. The second-order valence-electron chi connectivity index (χ2n) is 8.22. The number of nitrogens with zero attached hydrogens (tertiary/aromatic N) is 4. The van der Waals surface area contributed by atoms with E-state index in [-0.39, 0.29) is 11.7 Å². The summed E-state index contributed by atoms with van der Waals surface area (Å²) in [6, 6.07) is 13.1. The van der Waals surface area contributed by atoms with Crippen LogP contribution >= 0.6 is 0 Å². The summed E-state index contributed by atoms with van der Waals surface area (Å²) in [5.74, 6) is -1.15. The molecule has 0 bridgehead atoms. The maximum Gasteiger partial charge on any atom is 0.263 e. The average Bonchev–Trinajstić information content (AvgIpc) is 2.82. The van der Waals surface area contributed by atoms with Gasteiger partial charge in [0, 0.05) is 37.8 Å². The van der Waals surface area contributed by atoms with Gasteiger partial charge in [-0.1, -0.05) is 12.1 Å². The number of aromatic nitrogens is 2. The third-order valence-electron chi connectivity index (χ3n) is 5.91. The molecule has 4 rings (SSSR count). The zero-order valence-electron chi connectivity index (χ0n) is 18.9. The molecule has 1 amide bonds. The molecule has 172 valence electrons. The first-order valence-corrected chi connectivity index (χ1v) is 10.9. The van der Waals surface area contributed by atoms with Crippen LogP contribution in [0.2, 0.25) is 0 Å². The fourth-order valence-corrected chi connectivity index (χ4v) is 3.77. The predicted molar refractivity (Wildman–Crippen MR) is 122 cm³/mol. The van der Waals surface area contributed by atoms with E-state index in [1.807, 2.05) is 18.2 Å². The monoisotopic (exact) mass is 452 g/mol. The van der Waals surface area contributed by atoms with Crippen molar-refractivity contribution in [1.82, 2.24) is 15.1 Å². The molecular weight excluding hydrogens is 426 g/mol. The normalized spacial score (nSPS) is 14.8. The SMILES string of the molecule is Cc1ccc(-c2ccc(N3CCN(C(=O)C(C)Oc4ccc(F)cc4F)CC3)nn2)cc1C. The number of halogens is 2. The molecule has 0 spiro atoms. The molecule has 1 aliphatic rings. The van der Waals surface area contributed by atoms with Gasteiger partial charge < -0.3 is 14.5 Å². The second-order valence-corrected chi connectivity index (χ2v) is 8.22. The third kappa shape index (κ3) is 5.10. The van der Waals surface area contributed by atoms with Crippen molar-refractivity contribution < 1.29 is 18.3 Å². The van der Waals surface area contributed by atoms with Crippen LogP contribution in [-0.4, -0.2) is 53.3 Å². The Kier molecular flexibility index (Phi) is 6.53. The van der Waals surface area contributed by atoms with Crippen LogP contribution in [0, 0.1) is 25.5 Å². The van der Waals surface area contributed by atoms with Gasteiger partial charge in [0.1, 0.15) is 5.82 Å². The van der Waals surface area contributed by atoms with Crippen molar-refractivity contribution in [2.45, 2.75) is 26.9 Å². The highest BCUT2D eigenvalue weighted by atomic mass is 19.1. The Balaban J connectivity index is 1.34. The number of aryl methyl sites for hydroxylation is 2. The molecule has 2 aromatic carbocycles. The summed E-state index contributed by atoms with van der Waals surface area (Å²) in [7, 11) is 0. The predicted octanol–water partition coefficient (Wildman–Crippen LogP) is 4.15. The van der Waals surface area contributed by atoms with E-state index in [1.54, 1.807) is 11.8 Å². The van der Waals surface area contributed by atoms with Gasteiger partial charge in [0.2, 0.25) is 0 Å². The van der Waals surface area contributed by atoms with Crippen LogP contribution in [0.3, 0.4) is 0 Å². The molecule has 0 radical (unpaired) electrons. The van der Waals surface area contributed by atoms with Crippen LogP contribution < -0.4 is 9.64 Å². The Hall–Kier alpha value is -3.55. The fraction of sp³-hybridized carbons (Fsp3) is 0.320. The summed E-state index contributed by atoms with van der Waals surface area (Å²) in [5, 5.41) is 8.77. The van der Waals surface area contributed by atoms with Crippen molar-refractivity contribution in [3.8, 4) is 17.0 Å². The Morgan fingerprint density at radius 1 is 0.939 bits per heavy atom. The maximum absolute atomic E-state index is 13.8. The van der Waals surface area contributed by atoms with Crippen molar-refractivity contribution in [1.29, 1.82) is 0 Å². The van der Waals surface area contributed by atoms with Gasteiger partial charge in [-0.3, -0.25) is 4.79 Å². The Labute approximate surface area is 191 Å². The van der Waals surface area contributed by atoms with E-state index in [1.165, 1.54) is 17.2 Å². The molecule has 33 heavy (non-hydrogen) atoms. The van der Waals surface area contributed by atoms with Crippen molar-refractivity contribution in [3.63, 3.8) is 0 Å². The van der Waals surface area contributed by atoms with Gasteiger partial charge in [-0.2, -0.15) is 0 Å². The zero-order valence-corrected chi connectivity index (χ0v) is 18.9. The number of piperazine rings is 1. The number of hydrogen-bond donors (Lipinski definition) is 0. The summed E-state index contributed by atoms with van der Waals surface area (Å²) in [6.07, 6.45) is -0.881. The lowest BCUT2D eigenvalue weighted by atomic mass is 10.0.